The summed E-state index contributed by atoms with van der Waals surface area (Å²) < 4.78 is 80.0. The van der Waals surface area contributed by atoms with Gasteiger partial charge < -0.3 is 9.80 Å². The highest BCUT2D eigenvalue weighted by Gasteiger charge is 2.38. The lowest BCUT2D eigenvalue weighted by atomic mass is 9.96. The van der Waals surface area contributed by atoms with Gasteiger partial charge in [0.25, 0.3) is 0 Å². The Labute approximate surface area is 225 Å². The van der Waals surface area contributed by atoms with Crippen molar-refractivity contribution in [1.29, 1.82) is 0 Å². The molecule has 2 aliphatic rings. The number of alkyl halides is 3. The smallest absolute Gasteiger partial charge is 0.356 e. The molecule has 2 aliphatic heterocycles. The summed E-state index contributed by atoms with van der Waals surface area (Å²) in [5, 5.41) is 0. The fraction of sp³-hybridized carbons (Fsp3) is 0.429. The molecule has 3 heterocycles. The Morgan fingerprint density at radius 3 is 1.97 bits per heavy atom. The second-order valence-electron chi connectivity index (χ2n) is 10.2. The van der Waals surface area contributed by atoms with Crippen LogP contribution in [0.15, 0.2) is 53.4 Å². The molecule has 208 valence electrons. The minimum Gasteiger partial charge on any atom is -0.356 e. The van der Waals surface area contributed by atoms with Crippen molar-refractivity contribution in [3.63, 3.8) is 0 Å². The summed E-state index contributed by atoms with van der Waals surface area (Å²) in [5.74, 6) is -1.61. The number of benzene rings is 2. The van der Waals surface area contributed by atoms with E-state index in [4.69, 9.17) is 0 Å². The maximum Gasteiger partial charge on any atom is 0.451 e. The zero-order chi connectivity index (χ0) is 27.8. The Morgan fingerprint density at radius 1 is 0.821 bits per heavy atom. The molecular weight excluding hydrogens is 532 g/mol. The standard InChI is InChI=1S/C28H30F4N4O2S/c1-39(37,38)23-11-7-20(8-12-23)25-24(19-5-9-21(29)10-6-19)26(34-27(33-25)28(30,31)32)36-17-13-22(14-18-36)35-15-3-2-4-16-35/h5-12,22H,2-4,13-18H2,1H3. The maximum absolute atomic E-state index is 14.1. The van der Waals surface area contributed by atoms with Gasteiger partial charge in [0.2, 0.25) is 5.82 Å². The summed E-state index contributed by atoms with van der Waals surface area (Å²) in [6.45, 7) is 3.14. The lowest BCUT2D eigenvalue weighted by Crippen LogP contribution is -2.47. The largest absolute Gasteiger partial charge is 0.451 e. The monoisotopic (exact) mass is 562 g/mol. The van der Waals surface area contributed by atoms with E-state index in [2.05, 4.69) is 14.9 Å². The zero-order valence-electron chi connectivity index (χ0n) is 21.6. The predicted octanol–water partition coefficient (Wildman–Crippen LogP) is 5.83. The van der Waals surface area contributed by atoms with E-state index in [1.807, 2.05) is 4.90 Å². The molecule has 6 nitrogen and oxygen atoms in total. The Kier molecular flexibility index (Phi) is 7.65. The van der Waals surface area contributed by atoms with Gasteiger partial charge in [0.05, 0.1) is 16.2 Å². The molecule has 0 bridgehead atoms. The van der Waals surface area contributed by atoms with Crippen LogP contribution in [-0.4, -0.2) is 61.8 Å². The average molecular weight is 563 g/mol. The molecule has 0 N–H and O–H groups in total. The molecule has 1 aromatic heterocycles. The number of aromatic nitrogens is 2. The van der Waals surface area contributed by atoms with Gasteiger partial charge >= 0.3 is 6.18 Å². The van der Waals surface area contributed by atoms with E-state index < -0.39 is 27.7 Å². The van der Waals surface area contributed by atoms with Crippen molar-refractivity contribution in [3.05, 3.63) is 60.2 Å². The Bertz CT molecular complexity index is 1410. The summed E-state index contributed by atoms with van der Waals surface area (Å²) in [4.78, 5) is 12.4. The van der Waals surface area contributed by atoms with E-state index in [0.717, 1.165) is 45.0 Å². The van der Waals surface area contributed by atoms with Crippen LogP contribution in [0.25, 0.3) is 22.4 Å². The zero-order valence-corrected chi connectivity index (χ0v) is 22.4. The lowest BCUT2D eigenvalue weighted by molar-refractivity contribution is -0.144. The van der Waals surface area contributed by atoms with Crippen molar-refractivity contribution >= 4 is 15.7 Å². The topological polar surface area (TPSA) is 66.4 Å². The van der Waals surface area contributed by atoms with Gasteiger partial charge in [-0.2, -0.15) is 13.2 Å². The second-order valence-corrected chi connectivity index (χ2v) is 12.2. The number of halogens is 4. The first kappa shape index (κ1) is 27.5. The fourth-order valence-electron chi connectivity index (χ4n) is 5.48. The number of piperidine rings is 2. The van der Waals surface area contributed by atoms with Crippen molar-refractivity contribution < 1.29 is 26.0 Å². The third-order valence-corrected chi connectivity index (χ3v) is 8.63. The van der Waals surface area contributed by atoms with Gasteiger partial charge in [0.1, 0.15) is 11.6 Å². The summed E-state index contributed by atoms with van der Waals surface area (Å²) >= 11 is 0. The minimum absolute atomic E-state index is 0.0112. The maximum atomic E-state index is 14.1. The third kappa shape index (κ3) is 6.09. The summed E-state index contributed by atoms with van der Waals surface area (Å²) in [7, 11) is -3.51. The van der Waals surface area contributed by atoms with Crippen LogP contribution in [-0.2, 0) is 16.0 Å². The lowest BCUT2D eigenvalue weighted by Gasteiger charge is -2.41. The average Bonchev–Trinajstić information content (AvgIpc) is 2.92. The first-order valence-corrected chi connectivity index (χ1v) is 14.9. The van der Waals surface area contributed by atoms with Crippen LogP contribution in [0.5, 0.6) is 0 Å². The van der Waals surface area contributed by atoms with Crippen molar-refractivity contribution in [3.8, 4) is 22.4 Å². The van der Waals surface area contributed by atoms with Crippen LogP contribution in [0.1, 0.15) is 37.9 Å². The number of likely N-dealkylation sites (tertiary alicyclic amines) is 1. The van der Waals surface area contributed by atoms with Gasteiger partial charge in [-0.05, 0) is 68.6 Å². The van der Waals surface area contributed by atoms with Gasteiger partial charge in [-0.25, -0.2) is 22.8 Å². The van der Waals surface area contributed by atoms with E-state index in [1.54, 1.807) is 0 Å². The molecule has 0 aliphatic carbocycles. The number of hydrogen-bond acceptors (Lipinski definition) is 6. The number of anilines is 1. The van der Waals surface area contributed by atoms with Gasteiger partial charge in [-0.3, -0.25) is 0 Å². The summed E-state index contributed by atoms with van der Waals surface area (Å²) in [5.41, 5.74) is 1.14. The van der Waals surface area contributed by atoms with Crippen LogP contribution in [0.4, 0.5) is 23.4 Å². The van der Waals surface area contributed by atoms with E-state index in [0.29, 0.717) is 35.8 Å². The SMILES string of the molecule is CS(=O)(=O)c1ccc(-c2nc(C(F)(F)F)nc(N3CCC(N4CCCCC4)CC3)c2-c2ccc(F)cc2)cc1. The Hall–Kier alpha value is -3.05. The van der Waals surface area contributed by atoms with E-state index in [1.165, 1.54) is 55.0 Å². The molecule has 39 heavy (non-hydrogen) atoms. The van der Waals surface area contributed by atoms with E-state index in [-0.39, 0.29) is 16.4 Å². The highest BCUT2D eigenvalue weighted by Crippen LogP contribution is 2.41. The van der Waals surface area contributed by atoms with Crippen molar-refractivity contribution in [1.82, 2.24) is 14.9 Å². The first-order valence-electron chi connectivity index (χ1n) is 13.1. The quantitative estimate of drug-likeness (QED) is 0.365. The van der Waals surface area contributed by atoms with E-state index in [9.17, 15) is 26.0 Å². The molecule has 0 radical (unpaired) electrons. The molecule has 3 aromatic rings. The fourth-order valence-corrected chi connectivity index (χ4v) is 6.11. The molecule has 0 unspecified atom stereocenters. The molecule has 5 rings (SSSR count). The predicted molar refractivity (Wildman–Crippen MR) is 142 cm³/mol. The first-order chi connectivity index (χ1) is 18.5. The second kappa shape index (κ2) is 10.8. The van der Waals surface area contributed by atoms with Crippen LogP contribution in [0.3, 0.4) is 0 Å². The molecule has 2 aromatic carbocycles. The minimum atomic E-state index is -4.80. The molecule has 2 saturated heterocycles. The van der Waals surface area contributed by atoms with E-state index >= 15 is 0 Å². The molecule has 2 fully saturated rings. The van der Waals surface area contributed by atoms with Gasteiger partial charge in [0, 0.05) is 31.0 Å². The van der Waals surface area contributed by atoms with Gasteiger partial charge in [-0.1, -0.05) is 30.7 Å². The number of rotatable bonds is 5. The molecule has 0 spiro atoms. The highest BCUT2D eigenvalue weighted by molar-refractivity contribution is 7.90. The molecule has 11 heteroatoms. The van der Waals surface area contributed by atoms with Crippen LogP contribution >= 0.6 is 0 Å². The van der Waals surface area contributed by atoms with Crippen LogP contribution < -0.4 is 4.90 Å². The molecule has 0 atom stereocenters. The number of hydrogen-bond donors (Lipinski definition) is 0. The molecule has 0 saturated carbocycles. The Balaban J connectivity index is 1.62. The number of sulfone groups is 1. The van der Waals surface area contributed by atoms with Crippen molar-refractivity contribution in [2.75, 3.05) is 37.3 Å². The van der Waals surface area contributed by atoms with Crippen LogP contribution in [0, 0.1) is 5.82 Å². The van der Waals surface area contributed by atoms with Gasteiger partial charge in [-0.15, -0.1) is 0 Å². The van der Waals surface area contributed by atoms with Crippen molar-refractivity contribution in [2.45, 2.75) is 49.2 Å². The molecular formula is C28H30F4N4O2S. The highest BCUT2D eigenvalue weighted by atomic mass is 32.2. The number of nitrogens with zero attached hydrogens (tertiary/aromatic N) is 4. The summed E-state index contributed by atoms with van der Waals surface area (Å²) in [6.07, 6.45) is 1.41. The normalized spacial score (nSPS) is 17.9. The van der Waals surface area contributed by atoms with Gasteiger partial charge in [0.15, 0.2) is 9.84 Å². The Morgan fingerprint density at radius 2 is 1.41 bits per heavy atom. The third-order valence-electron chi connectivity index (χ3n) is 7.50. The van der Waals surface area contributed by atoms with Crippen molar-refractivity contribution in [2.24, 2.45) is 0 Å². The summed E-state index contributed by atoms with van der Waals surface area (Å²) in [6, 6.07) is 11.4. The van der Waals surface area contributed by atoms with Crippen LogP contribution in [0.2, 0.25) is 0 Å². The molecule has 0 amide bonds.